The van der Waals surface area contributed by atoms with E-state index in [4.69, 9.17) is 19.4 Å². The monoisotopic (exact) mass is 493 g/mol. The Morgan fingerprint density at radius 3 is 2.47 bits per heavy atom. The van der Waals surface area contributed by atoms with Crippen molar-refractivity contribution in [1.82, 2.24) is 9.55 Å². The lowest BCUT2D eigenvalue weighted by molar-refractivity contribution is -0.114. The number of anilines is 1. The van der Waals surface area contributed by atoms with Crippen molar-refractivity contribution < 1.29 is 55.9 Å². The Labute approximate surface area is 168 Å². The number of nitrogens with zero attached hydrogens (tertiary/aromatic N) is 2. The molecule has 19 heteroatoms. The third-order valence-corrected chi connectivity index (χ3v) is 7.17. The minimum absolute atomic E-state index is 0.0472. The van der Waals surface area contributed by atoms with Crippen molar-refractivity contribution in [2.75, 3.05) is 11.9 Å². The Morgan fingerprint density at radius 2 is 1.90 bits per heavy atom. The molecule has 2 unspecified atom stereocenters. The number of phosphoric acid groups is 3. The highest BCUT2D eigenvalue weighted by Gasteiger charge is 2.41. The second kappa shape index (κ2) is 9.47. The Kier molecular flexibility index (Phi) is 7.89. The average molecular weight is 493 g/mol. The number of carbonyl (C=O) groups is 1. The number of amides is 1. The van der Waals surface area contributed by atoms with E-state index >= 15 is 0 Å². The predicted molar refractivity (Wildman–Crippen MR) is 95.8 cm³/mol. The van der Waals surface area contributed by atoms with Crippen molar-refractivity contribution in [2.24, 2.45) is 0 Å². The SMILES string of the molecule is CC(=O)Nc1ccn([C@H]2CC[C@@H](COP(=O)(O)OP(=O)(O)OP(=O)(O)O)O2)c(=O)n1. The van der Waals surface area contributed by atoms with Crippen LogP contribution in [0.2, 0.25) is 0 Å². The molecule has 1 aromatic heterocycles. The minimum Gasteiger partial charge on any atom is -0.352 e. The molecular formula is C11H18N3O13P3. The molecule has 0 radical (unpaired) electrons. The summed E-state index contributed by atoms with van der Waals surface area (Å²) in [5, 5.41) is 2.34. The fourth-order valence-corrected chi connectivity index (χ4v) is 5.43. The molecule has 0 bridgehead atoms. The molecule has 0 aliphatic carbocycles. The number of ether oxygens (including phenoxy) is 1. The van der Waals surface area contributed by atoms with Crippen molar-refractivity contribution in [3.63, 3.8) is 0 Å². The third-order valence-electron chi connectivity index (χ3n) is 3.37. The molecule has 5 N–H and O–H groups in total. The summed E-state index contributed by atoms with van der Waals surface area (Å²) in [4.78, 5) is 62.1. The maximum Gasteiger partial charge on any atom is 0.490 e. The molecule has 1 aromatic rings. The maximum absolute atomic E-state index is 12.1. The highest BCUT2D eigenvalue weighted by molar-refractivity contribution is 7.66. The van der Waals surface area contributed by atoms with Crippen LogP contribution >= 0.6 is 23.5 Å². The van der Waals surface area contributed by atoms with Crippen LogP contribution in [-0.2, 0) is 36.4 Å². The van der Waals surface area contributed by atoms with Gasteiger partial charge in [0.25, 0.3) is 0 Å². The first-order valence-corrected chi connectivity index (χ1v) is 12.5. The van der Waals surface area contributed by atoms with Gasteiger partial charge < -0.3 is 29.6 Å². The van der Waals surface area contributed by atoms with Gasteiger partial charge in [-0.05, 0) is 18.9 Å². The molecule has 4 atom stereocenters. The summed E-state index contributed by atoms with van der Waals surface area (Å²) in [6, 6.07) is 1.37. The summed E-state index contributed by atoms with van der Waals surface area (Å²) in [5.41, 5.74) is -0.722. The zero-order valence-electron chi connectivity index (χ0n) is 15.1. The van der Waals surface area contributed by atoms with Crippen molar-refractivity contribution in [1.29, 1.82) is 0 Å². The molecule has 2 rings (SSSR count). The molecule has 0 saturated carbocycles. The molecule has 1 amide bonds. The van der Waals surface area contributed by atoms with Crippen LogP contribution in [0.4, 0.5) is 5.82 Å². The van der Waals surface area contributed by atoms with Crippen molar-refractivity contribution in [2.45, 2.75) is 32.1 Å². The molecule has 0 aromatic carbocycles. The van der Waals surface area contributed by atoms with Gasteiger partial charge >= 0.3 is 29.2 Å². The first kappa shape index (κ1) is 25.0. The zero-order valence-corrected chi connectivity index (χ0v) is 17.8. The largest absolute Gasteiger partial charge is 0.490 e. The third kappa shape index (κ3) is 8.10. The van der Waals surface area contributed by atoms with E-state index in [1.165, 1.54) is 19.2 Å². The van der Waals surface area contributed by atoms with Gasteiger partial charge in [0.15, 0.2) is 0 Å². The first-order valence-electron chi connectivity index (χ1n) is 7.96. The van der Waals surface area contributed by atoms with E-state index in [0.29, 0.717) is 0 Å². The van der Waals surface area contributed by atoms with Crippen molar-refractivity contribution in [3.05, 3.63) is 22.7 Å². The lowest BCUT2D eigenvalue weighted by Crippen LogP contribution is -2.28. The summed E-state index contributed by atoms with van der Waals surface area (Å²) in [7, 11) is -16.3. The standard InChI is InChI=1S/C11H18N3O13P3/c1-7(15)12-9-4-5-14(11(16)13-9)10-3-2-8(25-10)6-24-29(20,21)27-30(22,23)26-28(17,18)19/h4-5,8,10H,2-3,6H2,1H3,(H,20,21)(H,22,23)(H2,17,18,19)(H,12,13,15,16)/t8-,10+/m0/s1. The van der Waals surface area contributed by atoms with Crippen LogP contribution < -0.4 is 11.0 Å². The van der Waals surface area contributed by atoms with Crippen LogP contribution in [-0.4, -0.2) is 47.7 Å². The first-order chi connectivity index (χ1) is 13.7. The molecule has 1 aliphatic heterocycles. The zero-order chi connectivity index (χ0) is 22.7. The van der Waals surface area contributed by atoms with Crippen LogP contribution in [0.5, 0.6) is 0 Å². The number of nitrogens with one attached hydrogen (secondary N) is 1. The van der Waals surface area contributed by atoms with Crippen molar-refractivity contribution >= 4 is 35.2 Å². The van der Waals surface area contributed by atoms with Crippen molar-refractivity contribution in [3.8, 4) is 0 Å². The summed E-state index contributed by atoms with van der Waals surface area (Å²) < 4.78 is 51.8. The van der Waals surface area contributed by atoms with E-state index in [1.54, 1.807) is 0 Å². The van der Waals surface area contributed by atoms with Crippen LogP contribution in [0.1, 0.15) is 26.0 Å². The van der Waals surface area contributed by atoms with E-state index in [2.05, 4.69) is 23.4 Å². The van der Waals surface area contributed by atoms with E-state index in [9.17, 15) is 28.2 Å². The number of phosphoric ester groups is 1. The summed E-state index contributed by atoms with van der Waals surface area (Å²) >= 11 is 0. The second-order valence-corrected chi connectivity index (χ2v) is 10.3. The summed E-state index contributed by atoms with van der Waals surface area (Å²) in [6.07, 6.45) is 0.231. The fourth-order valence-electron chi connectivity index (χ4n) is 2.38. The molecule has 16 nitrogen and oxygen atoms in total. The van der Waals surface area contributed by atoms with Gasteiger partial charge in [-0.2, -0.15) is 13.6 Å². The van der Waals surface area contributed by atoms with Gasteiger partial charge in [-0.1, -0.05) is 0 Å². The molecule has 1 saturated heterocycles. The Hall–Kier alpha value is -1.28. The van der Waals surface area contributed by atoms with E-state index in [-0.39, 0.29) is 18.7 Å². The Bertz CT molecular complexity index is 990. The summed E-state index contributed by atoms with van der Waals surface area (Å²) in [5.74, 6) is -0.366. The topological polar surface area (TPSA) is 233 Å². The maximum atomic E-state index is 12.1. The molecule has 30 heavy (non-hydrogen) atoms. The van der Waals surface area contributed by atoms with Gasteiger partial charge in [0, 0.05) is 13.1 Å². The predicted octanol–water partition coefficient (Wildman–Crippen LogP) is 0.223. The molecule has 1 aliphatic rings. The number of hydrogen-bond acceptors (Lipinski definition) is 10. The quantitative estimate of drug-likeness (QED) is 0.290. The number of carbonyl (C=O) groups excluding carboxylic acids is 1. The number of aromatic nitrogens is 2. The minimum atomic E-state index is -5.60. The highest BCUT2D eigenvalue weighted by atomic mass is 31.3. The lowest BCUT2D eigenvalue weighted by Gasteiger charge is -2.19. The second-order valence-electron chi connectivity index (χ2n) is 5.86. The summed E-state index contributed by atoms with van der Waals surface area (Å²) in [6.45, 7) is 0.627. The van der Waals surface area contributed by atoms with Crippen LogP contribution in [0, 0.1) is 0 Å². The normalized spacial score (nSPS) is 23.5. The van der Waals surface area contributed by atoms with E-state index in [0.717, 1.165) is 4.57 Å². The van der Waals surface area contributed by atoms with Crippen LogP contribution in [0.25, 0.3) is 0 Å². The van der Waals surface area contributed by atoms with E-state index < -0.39 is 54.0 Å². The van der Waals surface area contributed by atoms with Gasteiger partial charge in [-0.15, -0.1) is 0 Å². The average Bonchev–Trinajstić information content (AvgIpc) is 2.97. The van der Waals surface area contributed by atoms with Gasteiger partial charge in [-0.25, -0.2) is 18.5 Å². The molecule has 170 valence electrons. The number of rotatable bonds is 9. The number of hydrogen-bond donors (Lipinski definition) is 5. The van der Waals surface area contributed by atoms with Crippen LogP contribution in [0.3, 0.4) is 0 Å². The van der Waals surface area contributed by atoms with Gasteiger partial charge in [-0.3, -0.25) is 13.9 Å². The fraction of sp³-hybridized carbons (Fsp3) is 0.545. The van der Waals surface area contributed by atoms with Gasteiger partial charge in [0.1, 0.15) is 12.0 Å². The van der Waals surface area contributed by atoms with Crippen LogP contribution in [0.15, 0.2) is 17.1 Å². The highest BCUT2D eigenvalue weighted by Crippen LogP contribution is 2.66. The molecule has 2 heterocycles. The van der Waals surface area contributed by atoms with Gasteiger partial charge in [0.2, 0.25) is 5.91 Å². The molecular weight excluding hydrogens is 475 g/mol. The van der Waals surface area contributed by atoms with E-state index in [1.807, 2.05) is 0 Å². The van der Waals surface area contributed by atoms with Gasteiger partial charge in [0.05, 0.1) is 12.7 Å². The molecule has 0 spiro atoms. The smallest absolute Gasteiger partial charge is 0.352 e. The Morgan fingerprint density at radius 1 is 1.23 bits per heavy atom. The Balaban J connectivity index is 1.93. The molecule has 1 fully saturated rings. The lowest BCUT2D eigenvalue weighted by atomic mass is 10.2.